The lowest BCUT2D eigenvalue weighted by Gasteiger charge is -2.06. The van der Waals surface area contributed by atoms with Gasteiger partial charge in [-0.25, -0.2) is 4.98 Å². The zero-order chi connectivity index (χ0) is 14.8. The summed E-state index contributed by atoms with van der Waals surface area (Å²) in [7, 11) is 0. The smallest absolute Gasteiger partial charge is 0.251 e. The molecule has 0 aliphatic carbocycles. The van der Waals surface area contributed by atoms with Gasteiger partial charge in [0.25, 0.3) is 5.56 Å². The van der Waals surface area contributed by atoms with E-state index in [1.807, 2.05) is 31.2 Å². The van der Waals surface area contributed by atoms with Crippen molar-refractivity contribution in [2.45, 2.75) is 6.92 Å². The highest BCUT2D eigenvalue weighted by atomic mass is 35.5. The summed E-state index contributed by atoms with van der Waals surface area (Å²) in [6.45, 7) is 1.92. The topological polar surface area (TPSA) is 58.6 Å². The molecule has 0 aliphatic rings. The summed E-state index contributed by atoms with van der Waals surface area (Å²) < 4.78 is 0. The van der Waals surface area contributed by atoms with E-state index in [4.69, 9.17) is 11.6 Å². The molecule has 1 aromatic carbocycles. The van der Waals surface area contributed by atoms with Crippen LogP contribution in [0.2, 0.25) is 5.02 Å². The van der Waals surface area contributed by atoms with Gasteiger partial charge in [-0.05, 0) is 36.8 Å². The number of hydrogen-bond donors (Lipinski definition) is 1. The Morgan fingerprint density at radius 3 is 2.67 bits per heavy atom. The molecule has 0 saturated heterocycles. The van der Waals surface area contributed by atoms with Crippen molar-refractivity contribution in [3.05, 3.63) is 69.6 Å². The molecule has 104 valence electrons. The molecule has 2 aromatic heterocycles. The number of benzene rings is 1. The number of aryl methyl sites for hydroxylation is 1. The third kappa shape index (κ3) is 2.85. The van der Waals surface area contributed by atoms with Crippen molar-refractivity contribution in [2.75, 3.05) is 0 Å². The minimum Gasteiger partial charge on any atom is -0.305 e. The fraction of sp³-hybridized carbons (Fsp3) is 0.0625. The molecule has 3 rings (SSSR count). The third-order valence-corrected chi connectivity index (χ3v) is 3.53. The number of rotatable bonds is 2. The van der Waals surface area contributed by atoms with E-state index in [-0.39, 0.29) is 5.56 Å². The second-order valence-electron chi connectivity index (χ2n) is 4.66. The summed E-state index contributed by atoms with van der Waals surface area (Å²) in [5.74, 6) is 0.450. The molecule has 5 heteroatoms. The zero-order valence-corrected chi connectivity index (χ0v) is 12.1. The van der Waals surface area contributed by atoms with E-state index in [2.05, 4.69) is 15.0 Å². The first-order valence-electron chi connectivity index (χ1n) is 6.43. The molecular weight excluding hydrogens is 286 g/mol. The summed E-state index contributed by atoms with van der Waals surface area (Å²) in [5, 5.41) is 0.688. The Morgan fingerprint density at radius 2 is 1.95 bits per heavy atom. The first kappa shape index (κ1) is 13.5. The molecule has 4 nitrogen and oxygen atoms in total. The van der Waals surface area contributed by atoms with Crippen LogP contribution in [0.15, 0.2) is 53.5 Å². The Balaban J connectivity index is 2.14. The average Bonchev–Trinajstić information content (AvgIpc) is 2.50. The van der Waals surface area contributed by atoms with Crippen molar-refractivity contribution in [3.8, 4) is 22.8 Å². The molecule has 21 heavy (non-hydrogen) atoms. The van der Waals surface area contributed by atoms with Gasteiger partial charge < -0.3 is 4.98 Å². The SMILES string of the molecule is Cc1cc(-c2cc(=O)[nH]c(-c3ccccn3)n2)ccc1Cl. The lowest BCUT2D eigenvalue weighted by molar-refractivity contribution is 1.10. The molecule has 0 spiro atoms. The standard InChI is InChI=1S/C16H12ClN3O/c1-10-8-11(5-6-12(10)17)14-9-15(21)20-16(19-14)13-4-2-3-7-18-13/h2-9H,1H3,(H,19,20,21). The molecule has 1 N–H and O–H groups in total. The predicted octanol–water partition coefficient (Wildman–Crippen LogP) is 3.46. The van der Waals surface area contributed by atoms with Crippen molar-refractivity contribution in [1.29, 1.82) is 0 Å². The quantitative estimate of drug-likeness (QED) is 0.788. The maximum absolute atomic E-state index is 11.9. The normalized spacial score (nSPS) is 10.6. The molecule has 0 saturated carbocycles. The van der Waals surface area contributed by atoms with Crippen LogP contribution in [-0.2, 0) is 0 Å². The van der Waals surface area contributed by atoms with Gasteiger partial charge >= 0.3 is 0 Å². The van der Waals surface area contributed by atoms with E-state index in [0.717, 1.165) is 11.1 Å². The monoisotopic (exact) mass is 297 g/mol. The molecule has 0 unspecified atom stereocenters. The van der Waals surface area contributed by atoms with Gasteiger partial charge in [0.05, 0.1) is 5.69 Å². The lowest BCUT2D eigenvalue weighted by atomic mass is 10.1. The highest BCUT2D eigenvalue weighted by molar-refractivity contribution is 6.31. The second-order valence-corrected chi connectivity index (χ2v) is 5.07. The second kappa shape index (κ2) is 5.50. The largest absolute Gasteiger partial charge is 0.305 e. The maximum atomic E-state index is 11.9. The Morgan fingerprint density at radius 1 is 1.10 bits per heavy atom. The van der Waals surface area contributed by atoms with Gasteiger partial charge in [0.15, 0.2) is 5.82 Å². The van der Waals surface area contributed by atoms with Gasteiger partial charge in [-0.3, -0.25) is 9.78 Å². The van der Waals surface area contributed by atoms with E-state index in [9.17, 15) is 4.79 Å². The molecular formula is C16H12ClN3O. The minimum absolute atomic E-state index is 0.215. The Bertz CT molecular complexity index is 844. The van der Waals surface area contributed by atoms with Crippen LogP contribution < -0.4 is 5.56 Å². The average molecular weight is 298 g/mol. The number of nitrogens with one attached hydrogen (secondary N) is 1. The van der Waals surface area contributed by atoms with Crippen LogP contribution >= 0.6 is 11.6 Å². The maximum Gasteiger partial charge on any atom is 0.251 e. The van der Waals surface area contributed by atoms with Crippen LogP contribution in [0.4, 0.5) is 0 Å². The van der Waals surface area contributed by atoms with Crippen LogP contribution in [0, 0.1) is 6.92 Å². The van der Waals surface area contributed by atoms with E-state index < -0.39 is 0 Å². The number of pyridine rings is 1. The predicted molar refractivity (Wildman–Crippen MR) is 83.3 cm³/mol. The van der Waals surface area contributed by atoms with Crippen molar-refractivity contribution < 1.29 is 0 Å². The van der Waals surface area contributed by atoms with Crippen LogP contribution in [0.3, 0.4) is 0 Å². The van der Waals surface area contributed by atoms with Crippen molar-refractivity contribution in [3.63, 3.8) is 0 Å². The molecule has 0 fully saturated rings. The number of hydrogen-bond acceptors (Lipinski definition) is 3. The van der Waals surface area contributed by atoms with Gasteiger partial charge in [-0.1, -0.05) is 23.7 Å². The van der Waals surface area contributed by atoms with Crippen molar-refractivity contribution >= 4 is 11.6 Å². The Kier molecular flexibility index (Phi) is 3.54. The first-order chi connectivity index (χ1) is 10.1. The molecule has 0 aliphatic heterocycles. The number of aromatic amines is 1. The highest BCUT2D eigenvalue weighted by Gasteiger charge is 2.08. The molecule has 0 bridgehead atoms. The fourth-order valence-corrected chi connectivity index (χ4v) is 2.15. The highest BCUT2D eigenvalue weighted by Crippen LogP contribution is 2.23. The van der Waals surface area contributed by atoms with Crippen LogP contribution in [0.5, 0.6) is 0 Å². The molecule has 3 aromatic rings. The van der Waals surface area contributed by atoms with Gasteiger partial charge in [-0.15, -0.1) is 0 Å². The molecule has 2 heterocycles. The van der Waals surface area contributed by atoms with E-state index >= 15 is 0 Å². The number of halogens is 1. The lowest BCUT2D eigenvalue weighted by Crippen LogP contribution is -2.09. The number of nitrogens with zero attached hydrogens (tertiary/aromatic N) is 2. The van der Waals surface area contributed by atoms with E-state index in [1.54, 1.807) is 18.3 Å². The summed E-state index contributed by atoms with van der Waals surface area (Å²) in [5.41, 5.74) is 2.80. The molecule has 0 amide bonds. The van der Waals surface area contributed by atoms with Gasteiger partial charge in [0, 0.05) is 22.8 Å². The number of H-pyrrole nitrogens is 1. The molecule has 0 radical (unpaired) electrons. The summed E-state index contributed by atoms with van der Waals surface area (Å²) >= 11 is 6.03. The molecule has 0 atom stereocenters. The third-order valence-electron chi connectivity index (χ3n) is 3.10. The Labute approximate surface area is 126 Å². The fourth-order valence-electron chi connectivity index (χ4n) is 2.03. The first-order valence-corrected chi connectivity index (χ1v) is 6.80. The minimum atomic E-state index is -0.215. The van der Waals surface area contributed by atoms with Crippen LogP contribution in [0.1, 0.15) is 5.56 Å². The van der Waals surface area contributed by atoms with Crippen LogP contribution in [-0.4, -0.2) is 15.0 Å². The zero-order valence-electron chi connectivity index (χ0n) is 11.3. The van der Waals surface area contributed by atoms with E-state index in [1.165, 1.54) is 6.07 Å². The van der Waals surface area contributed by atoms with Crippen molar-refractivity contribution in [2.24, 2.45) is 0 Å². The van der Waals surface area contributed by atoms with Gasteiger partial charge in [0.1, 0.15) is 5.69 Å². The van der Waals surface area contributed by atoms with E-state index in [0.29, 0.717) is 22.2 Å². The summed E-state index contributed by atoms with van der Waals surface area (Å²) in [4.78, 5) is 23.3. The van der Waals surface area contributed by atoms with Crippen molar-refractivity contribution in [1.82, 2.24) is 15.0 Å². The summed E-state index contributed by atoms with van der Waals surface area (Å²) in [6.07, 6.45) is 1.66. The van der Waals surface area contributed by atoms with Gasteiger partial charge in [-0.2, -0.15) is 0 Å². The summed E-state index contributed by atoms with van der Waals surface area (Å²) in [6, 6.07) is 12.5. The number of aromatic nitrogens is 3. The van der Waals surface area contributed by atoms with Crippen LogP contribution in [0.25, 0.3) is 22.8 Å². The Hall–Kier alpha value is -2.46. The van der Waals surface area contributed by atoms with Gasteiger partial charge in [0.2, 0.25) is 0 Å².